The maximum absolute atomic E-state index is 12.5. The van der Waals surface area contributed by atoms with Gasteiger partial charge in [0.1, 0.15) is 5.70 Å². The summed E-state index contributed by atoms with van der Waals surface area (Å²) in [6.07, 6.45) is 0. The summed E-state index contributed by atoms with van der Waals surface area (Å²) in [4.78, 5) is 28.8. The molecule has 1 aliphatic rings. The molecule has 1 aliphatic heterocycles. The Bertz CT molecular complexity index is 560. The second-order valence-electron chi connectivity index (χ2n) is 4.84. The molecule has 0 saturated heterocycles. The molecule has 22 heavy (non-hydrogen) atoms. The van der Waals surface area contributed by atoms with Crippen molar-refractivity contribution in [1.82, 2.24) is 9.80 Å². The summed E-state index contributed by atoms with van der Waals surface area (Å²) < 4.78 is 10.2. The van der Waals surface area contributed by atoms with Gasteiger partial charge in [0.05, 0.1) is 18.8 Å². The molecule has 0 fully saturated rings. The molecule has 0 bridgehead atoms. The Morgan fingerprint density at radius 3 is 2.27 bits per heavy atom. The second kappa shape index (κ2) is 7.53. The van der Waals surface area contributed by atoms with Gasteiger partial charge in [-0.2, -0.15) is 0 Å². The highest BCUT2D eigenvalue weighted by molar-refractivity contribution is 7.11. The number of amides is 2. The zero-order valence-corrected chi connectivity index (χ0v) is 13.8. The molecular weight excluding hydrogens is 304 g/mol. The largest absolute Gasteiger partial charge is 0.383 e. The summed E-state index contributed by atoms with van der Waals surface area (Å²) in [5, 5.41) is 1.89. The molecule has 0 spiro atoms. The number of ether oxygens (including phenoxy) is 2. The van der Waals surface area contributed by atoms with Crippen LogP contribution in [-0.2, 0) is 19.1 Å². The van der Waals surface area contributed by atoms with E-state index in [9.17, 15) is 9.59 Å². The van der Waals surface area contributed by atoms with E-state index in [2.05, 4.69) is 0 Å². The minimum Gasteiger partial charge on any atom is -0.383 e. The van der Waals surface area contributed by atoms with Crippen LogP contribution >= 0.6 is 11.3 Å². The number of carbonyl (C=O) groups excluding carboxylic acids is 2. The van der Waals surface area contributed by atoms with Crippen LogP contribution < -0.4 is 0 Å². The highest BCUT2D eigenvalue weighted by Crippen LogP contribution is 2.32. The van der Waals surface area contributed by atoms with Gasteiger partial charge in [0.2, 0.25) is 0 Å². The maximum Gasteiger partial charge on any atom is 0.277 e. The van der Waals surface area contributed by atoms with Gasteiger partial charge in [-0.25, -0.2) is 0 Å². The lowest BCUT2D eigenvalue weighted by Gasteiger charge is -2.25. The first-order chi connectivity index (χ1) is 10.6. The van der Waals surface area contributed by atoms with E-state index >= 15 is 0 Å². The fourth-order valence-electron chi connectivity index (χ4n) is 2.30. The van der Waals surface area contributed by atoms with Crippen LogP contribution in [0.25, 0.3) is 5.57 Å². The van der Waals surface area contributed by atoms with Gasteiger partial charge in [0.25, 0.3) is 11.8 Å². The Labute approximate surface area is 133 Å². The van der Waals surface area contributed by atoms with Crippen molar-refractivity contribution in [2.75, 3.05) is 47.6 Å². The van der Waals surface area contributed by atoms with Crippen LogP contribution in [0.1, 0.15) is 4.88 Å². The fourth-order valence-corrected chi connectivity index (χ4v) is 3.06. The van der Waals surface area contributed by atoms with E-state index in [1.165, 1.54) is 18.4 Å². The average molecular weight is 324 g/mol. The van der Waals surface area contributed by atoms with Crippen molar-refractivity contribution in [3.8, 4) is 0 Å². The van der Waals surface area contributed by atoms with E-state index < -0.39 is 0 Å². The Morgan fingerprint density at radius 1 is 1.14 bits per heavy atom. The van der Waals surface area contributed by atoms with Crippen LogP contribution in [0.5, 0.6) is 0 Å². The number of hydrogen-bond donors (Lipinski definition) is 0. The van der Waals surface area contributed by atoms with Crippen molar-refractivity contribution >= 4 is 28.7 Å². The van der Waals surface area contributed by atoms with Crippen LogP contribution in [0, 0.1) is 0 Å². The van der Waals surface area contributed by atoms with Crippen molar-refractivity contribution in [1.29, 1.82) is 0 Å². The lowest BCUT2D eigenvalue weighted by Crippen LogP contribution is -2.36. The minimum absolute atomic E-state index is 0.262. The lowest BCUT2D eigenvalue weighted by molar-refractivity contribution is -0.136. The number of nitrogens with zero attached hydrogens (tertiary/aromatic N) is 2. The smallest absolute Gasteiger partial charge is 0.277 e. The van der Waals surface area contributed by atoms with Crippen LogP contribution in [-0.4, -0.2) is 69.2 Å². The highest BCUT2D eigenvalue weighted by atomic mass is 32.1. The Kier molecular flexibility index (Phi) is 5.70. The minimum atomic E-state index is -0.277. The molecular formula is C15H20N2O4S. The van der Waals surface area contributed by atoms with E-state index in [-0.39, 0.29) is 11.8 Å². The van der Waals surface area contributed by atoms with Gasteiger partial charge >= 0.3 is 0 Å². The van der Waals surface area contributed by atoms with E-state index in [1.54, 1.807) is 14.2 Å². The Morgan fingerprint density at radius 2 is 1.77 bits per heavy atom. The van der Waals surface area contributed by atoms with Gasteiger partial charge in [-0.1, -0.05) is 6.07 Å². The SMILES string of the molecule is COCCN(CCOC)C1=C(c2cccs2)C(=O)N(C)C1=O. The molecule has 2 rings (SSSR count). The summed E-state index contributed by atoms with van der Waals surface area (Å²) in [6, 6.07) is 3.73. The molecule has 0 radical (unpaired) electrons. The van der Waals surface area contributed by atoms with Crippen molar-refractivity contribution in [2.24, 2.45) is 0 Å². The fraction of sp³-hybridized carbons (Fsp3) is 0.467. The number of rotatable bonds is 8. The first-order valence-electron chi connectivity index (χ1n) is 6.95. The van der Waals surface area contributed by atoms with Crippen LogP contribution in [0.4, 0.5) is 0 Å². The second-order valence-corrected chi connectivity index (χ2v) is 5.79. The van der Waals surface area contributed by atoms with Crippen LogP contribution in [0.2, 0.25) is 0 Å². The molecule has 0 atom stereocenters. The van der Waals surface area contributed by atoms with Gasteiger partial charge in [0, 0.05) is 39.2 Å². The van der Waals surface area contributed by atoms with Gasteiger partial charge in [-0.15, -0.1) is 11.3 Å². The molecule has 0 aromatic carbocycles. The number of carbonyl (C=O) groups is 2. The molecule has 1 aromatic heterocycles. The summed E-state index contributed by atoms with van der Waals surface area (Å²) >= 11 is 1.45. The molecule has 2 amide bonds. The van der Waals surface area contributed by atoms with E-state index in [0.717, 1.165) is 9.78 Å². The molecule has 120 valence electrons. The van der Waals surface area contributed by atoms with Crippen LogP contribution in [0.3, 0.4) is 0 Å². The lowest BCUT2D eigenvalue weighted by atomic mass is 10.1. The first kappa shape index (κ1) is 16.7. The molecule has 0 saturated carbocycles. The number of hydrogen-bond acceptors (Lipinski definition) is 6. The Balaban J connectivity index is 2.42. The van der Waals surface area contributed by atoms with E-state index in [4.69, 9.17) is 9.47 Å². The van der Waals surface area contributed by atoms with Gasteiger partial charge in [-0.3, -0.25) is 14.5 Å². The summed E-state index contributed by atoms with van der Waals surface area (Å²) in [5.74, 6) is -0.539. The normalized spacial score (nSPS) is 15.1. The summed E-state index contributed by atoms with van der Waals surface area (Å²) in [6.45, 7) is 1.99. The summed E-state index contributed by atoms with van der Waals surface area (Å²) in [5.41, 5.74) is 0.902. The molecule has 7 heteroatoms. The van der Waals surface area contributed by atoms with Crippen molar-refractivity contribution in [3.05, 3.63) is 28.1 Å². The molecule has 0 unspecified atom stereocenters. The van der Waals surface area contributed by atoms with Gasteiger partial charge in [-0.05, 0) is 11.4 Å². The third kappa shape index (κ3) is 3.21. The molecule has 6 nitrogen and oxygen atoms in total. The van der Waals surface area contributed by atoms with Gasteiger partial charge in [0.15, 0.2) is 0 Å². The number of imide groups is 1. The third-order valence-electron chi connectivity index (χ3n) is 3.48. The van der Waals surface area contributed by atoms with E-state index in [1.807, 2.05) is 22.4 Å². The standard InChI is InChI=1S/C15H20N2O4S/c1-16-14(18)12(11-5-4-10-22-11)13(15(16)19)17(6-8-20-2)7-9-21-3/h4-5,10H,6-9H2,1-3H3. The van der Waals surface area contributed by atoms with Gasteiger partial charge < -0.3 is 14.4 Å². The number of thiophene rings is 1. The first-order valence-corrected chi connectivity index (χ1v) is 7.83. The Hall–Kier alpha value is -1.70. The predicted molar refractivity (Wildman–Crippen MR) is 84.3 cm³/mol. The van der Waals surface area contributed by atoms with Crippen LogP contribution in [0.15, 0.2) is 23.2 Å². The molecule has 0 aliphatic carbocycles. The van der Waals surface area contributed by atoms with E-state index in [0.29, 0.717) is 37.6 Å². The van der Waals surface area contributed by atoms with Crippen molar-refractivity contribution in [2.45, 2.75) is 0 Å². The molecule has 1 aromatic rings. The van der Waals surface area contributed by atoms with Crippen molar-refractivity contribution < 1.29 is 19.1 Å². The topological polar surface area (TPSA) is 59.1 Å². The maximum atomic E-state index is 12.5. The molecule has 0 N–H and O–H groups in total. The number of likely N-dealkylation sites (N-methyl/N-ethyl adjacent to an activating group) is 1. The zero-order valence-electron chi connectivity index (χ0n) is 13.0. The monoisotopic (exact) mass is 324 g/mol. The third-order valence-corrected chi connectivity index (χ3v) is 4.36. The zero-order chi connectivity index (χ0) is 16.1. The predicted octanol–water partition coefficient (Wildman–Crippen LogP) is 1.05. The average Bonchev–Trinajstić information content (AvgIpc) is 3.11. The highest BCUT2D eigenvalue weighted by Gasteiger charge is 2.39. The number of methoxy groups -OCH3 is 2. The quantitative estimate of drug-likeness (QED) is 0.669. The summed E-state index contributed by atoms with van der Waals surface area (Å²) in [7, 11) is 4.73. The van der Waals surface area contributed by atoms with Crippen molar-refractivity contribution in [3.63, 3.8) is 0 Å². The molecule has 2 heterocycles.